The molecule has 29 heavy (non-hydrogen) atoms. The summed E-state index contributed by atoms with van der Waals surface area (Å²) in [6.45, 7) is 1.77. The maximum absolute atomic E-state index is 12.3. The van der Waals surface area contributed by atoms with E-state index in [2.05, 4.69) is 15.6 Å². The molecular formula is C22H22N4O3. The zero-order valence-corrected chi connectivity index (χ0v) is 16.0. The Hall–Kier alpha value is -3.71. The Balaban J connectivity index is 1.51. The van der Waals surface area contributed by atoms with Crippen molar-refractivity contribution in [3.63, 3.8) is 0 Å². The molecule has 1 unspecified atom stereocenters. The third-order valence-electron chi connectivity index (χ3n) is 4.26. The van der Waals surface area contributed by atoms with E-state index in [1.165, 1.54) is 0 Å². The second kappa shape index (κ2) is 9.48. The minimum Gasteiger partial charge on any atom is -0.397 e. The van der Waals surface area contributed by atoms with Crippen LogP contribution in [0.15, 0.2) is 73.1 Å². The molecule has 0 radical (unpaired) electrons. The van der Waals surface area contributed by atoms with Crippen LogP contribution in [0.2, 0.25) is 0 Å². The Morgan fingerprint density at radius 1 is 1.03 bits per heavy atom. The lowest BCUT2D eigenvalue weighted by molar-refractivity contribution is -0.122. The molecule has 0 aliphatic rings. The highest BCUT2D eigenvalue weighted by molar-refractivity contribution is 6.06. The van der Waals surface area contributed by atoms with Crippen molar-refractivity contribution < 1.29 is 14.3 Å². The van der Waals surface area contributed by atoms with Crippen LogP contribution in [0.1, 0.15) is 28.9 Å². The number of nitrogens with zero attached hydrogens (tertiary/aromatic N) is 1. The number of nitrogens with two attached hydrogens (primary N) is 1. The van der Waals surface area contributed by atoms with Gasteiger partial charge in [-0.1, -0.05) is 18.2 Å². The molecule has 148 valence electrons. The number of pyridine rings is 1. The standard InChI is InChI=1S/C22H22N4O3/c1-15(17-5-4-12-24-13-17)29-14-21(27)25-18-10-8-16(9-11-18)22(28)26-20-7-3-2-6-19(20)23/h2-13,15H,14,23H2,1H3,(H,25,27)(H,26,28). The average Bonchev–Trinajstić information content (AvgIpc) is 2.75. The number of ether oxygens (including phenoxy) is 1. The number of nitrogen functional groups attached to an aromatic ring is 1. The number of anilines is 3. The van der Waals surface area contributed by atoms with Crippen LogP contribution in [0, 0.1) is 0 Å². The third kappa shape index (κ3) is 5.63. The third-order valence-corrected chi connectivity index (χ3v) is 4.26. The minimum absolute atomic E-state index is 0.0917. The largest absolute Gasteiger partial charge is 0.397 e. The first-order valence-corrected chi connectivity index (χ1v) is 9.10. The number of aromatic nitrogens is 1. The molecule has 4 N–H and O–H groups in total. The van der Waals surface area contributed by atoms with E-state index >= 15 is 0 Å². The van der Waals surface area contributed by atoms with Crippen molar-refractivity contribution in [3.8, 4) is 0 Å². The fourth-order valence-electron chi connectivity index (χ4n) is 2.62. The van der Waals surface area contributed by atoms with Crippen LogP contribution in [-0.2, 0) is 9.53 Å². The zero-order chi connectivity index (χ0) is 20.6. The highest BCUT2D eigenvalue weighted by Gasteiger charge is 2.11. The van der Waals surface area contributed by atoms with Gasteiger partial charge in [0.25, 0.3) is 5.91 Å². The van der Waals surface area contributed by atoms with Crippen molar-refractivity contribution >= 4 is 28.9 Å². The summed E-state index contributed by atoms with van der Waals surface area (Å²) < 4.78 is 5.57. The quantitative estimate of drug-likeness (QED) is 0.534. The van der Waals surface area contributed by atoms with Gasteiger partial charge in [-0.15, -0.1) is 0 Å². The Morgan fingerprint density at radius 3 is 2.48 bits per heavy atom. The summed E-state index contributed by atoms with van der Waals surface area (Å²) in [5, 5.41) is 5.50. The van der Waals surface area contributed by atoms with Gasteiger partial charge in [0.15, 0.2) is 0 Å². The Labute approximate surface area is 168 Å². The molecule has 0 aliphatic carbocycles. The number of carbonyl (C=O) groups excluding carboxylic acids is 2. The van der Waals surface area contributed by atoms with E-state index in [9.17, 15) is 9.59 Å². The summed E-state index contributed by atoms with van der Waals surface area (Å²) in [6.07, 6.45) is 3.14. The summed E-state index contributed by atoms with van der Waals surface area (Å²) in [6, 6.07) is 17.3. The molecule has 7 heteroatoms. The SMILES string of the molecule is CC(OCC(=O)Nc1ccc(C(=O)Nc2ccccc2N)cc1)c1cccnc1. The number of benzene rings is 2. The van der Waals surface area contributed by atoms with Gasteiger partial charge >= 0.3 is 0 Å². The fourth-order valence-corrected chi connectivity index (χ4v) is 2.62. The Kier molecular flexibility index (Phi) is 6.55. The van der Waals surface area contributed by atoms with Gasteiger partial charge in [-0.25, -0.2) is 0 Å². The first-order chi connectivity index (χ1) is 14.0. The van der Waals surface area contributed by atoms with E-state index in [0.717, 1.165) is 5.56 Å². The van der Waals surface area contributed by atoms with Gasteiger partial charge < -0.3 is 21.1 Å². The molecule has 0 spiro atoms. The molecule has 2 aromatic carbocycles. The van der Waals surface area contributed by atoms with Crippen LogP contribution in [0.25, 0.3) is 0 Å². The van der Waals surface area contributed by atoms with Gasteiger partial charge in [0.1, 0.15) is 6.61 Å². The number of hydrogen-bond donors (Lipinski definition) is 3. The molecule has 1 aromatic heterocycles. The molecule has 0 fully saturated rings. The smallest absolute Gasteiger partial charge is 0.255 e. The molecular weight excluding hydrogens is 368 g/mol. The molecule has 2 amide bonds. The van der Waals surface area contributed by atoms with E-state index in [1.54, 1.807) is 60.9 Å². The second-order valence-corrected chi connectivity index (χ2v) is 6.41. The van der Waals surface area contributed by atoms with Crippen LogP contribution < -0.4 is 16.4 Å². The lowest BCUT2D eigenvalue weighted by Gasteiger charge is -2.13. The van der Waals surface area contributed by atoms with Crippen molar-refractivity contribution in [1.29, 1.82) is 0 Å². The summed E-state index contributed by atoms with van der Waals surface area (Å²) in [5.74, 6) is -0.565. The monoisotopic (exact) mass is 390 g/mol. The van der Waals surface area contributed by atoms with E-state index in [1.807, 2.05) is 19.1 Å². The van der Waals surface area contributed by atoms with Gasteiger partial charge in [0.2, 0.25) is 5.91 Å². The predicted octanol–water partition coefficient (Wildman–Crippen LogP) is 3.63. The molecule has 1 heterocycles. The zero-order valence-electron chi connectivity index (χ0n) is 16.0. The van der Waals surface area contributed by atoms with Gasteiger partial charge in [-0.05, 0) is 55.0 Å². The molecule has 1 atom stereocenters. The maximum Gasteiger partial charge on any atom is 0.255 e. The molecule has 3 rings (SSSR count). The van der Waals surface area contributed by atoms with E-state index in [4.69, 9.17) is 10.5 Å². The topological polar surface area (TPSA) is 106 Å². The van der Waals surface area contributed by atoms with Gasteiger partial charge in [0.05, 0.1) is 17.5 Å². The van der Waals surface area contributed by atoms with Crippen LogP contribution in [-0.4, -0.2) is 23.4 Å². The average molecular weight is 390 g/mol. The number of carbonyl (C=O) groups is 2. The normalized spacial score (nSPS) is 11.5. The molecule has 3 aromatic rings. The van der Waals surface area contributed by atoms with E-state index in [-0.39, 0.29) is 24.5 Å². The van der Waals surface area contributed by atoms with Gasteiger partial charge in [-0.3, -0.25) is 14.6 Å². The lowest BCUT2D eigenvalue weighted by atomic mass is 10.2. The van der Waals surface area contributed by atoms with E-state index in [0.29, 0.717) is 22.6 Å². The highest BCUT2D eigenvalue weighted by atomic mass is 16.5. The summed E-state index contributed by atoms with van der Waals surface area (Å²) >= 11 is 0. The number of para-hydroxylation sites is 2. The summed E-state index contributed by atoms with van der Waals surface area (Å²) in [5.41, 5.74) is 8.80. The number of nitrogens with one attached hydrogen (secondary N) is 2. The van der Waals surface area contributed by atoms with Crippen molar-refractivity contribution in [2.24, 2.45) is 0 Å². The van der Waals surface area contributed by atoms with Crippen molar-refractivity contribution in [2.75, 3.05) is 23.0 Å². The number of amides is 2. The maximum atomic E-state index is 12.3. The van der Waals surface area contributed by atoms with E-state index < -0.39 is 0 Å². The Morgan fingerprint density at radius 2 is 1.79 bits per heavy atom. The van der Waals surface area contributed by atoms with Crippen LogP contribution in [0.4, 0.5) is 17.1 Å². The molecule has 0 bridgehead atoms. The van der Waals surface area contributed by atoms with Crippen molar-refractivity contribution in [1.82, 2.24) is 4.98 Å². The van der Waals surface area contributed by atoms with Crippen molar-refractivity contribution in [2.45, 2.75) is 13.0 Å². The van der Waals surface area contributed by atoms with Gasteiger partial charge in [0, 0.05) is 23.6 Å². The first-order valence-electron chi connectivity index (χ1n) is 9.10. The number of hydrogen-bond acceptors (Lipinski definition) is 5. The lowest BCUT2D eigenvalue weighted by Crippen LogP contribution is -2.19. The summed E-state index contributed by atoms with van der Waals surface area (Å²) in [4.78, 5) is 28.5. The first kappa shape index (κ1) is 20.0. The Bertz CT molecular complexity index is 975. The van der Waals surface area contributed by atoms with Gasteiger partial charge in [-0.2, -0.15) is 0 Å². The van der Waals surface area contributed by atoms with Crippen molar-refractivity contribution in [3.05, 3.63) is 84.2 Å². The van der Waals surface area contributed by atoms with Crippen LogP contribution in [0.3, 0.4) is 0 Å². The molecule has 0 saturated carbocycles. The fraction of sp³-hybridized carbons (Fsp3) is 0.136. The van der Waals surface area contributed by atoms with Crippen LogP contribution >= 0.6 is 0 Å². The molecule has 0 saturated heterocycles. The number of rotatable bonds is 7. The highest BCUT2D eigenvalue weighted by Crippen LogP contribution is 2.19. The predicted molar refractivity (Wildman–Crippen MR) is 112 cm³/mol. The second-order valence-electron chi connectivity index (χ2n) is 6.41. The molecule has 7 nitrogen and oxygen atoms in total. The summed E-state index contributed by atoms with van der Waals surface area (Å²) in [7, 11) is 0. The van der Waals surface area contributed by atoms with Crippen LogP contribution in [0.5, 0.6) is 0 Å². The minimum atomic E-state index is -0.283. The molecule has 0 aliphatic heterocycles.